The van der Waals surface area contributed by atoms with Gasteiger partial charge in [0.05, 0.1) is 17.6 Å². The Hall–Kier alpha value is -2.08. The lowest BCUT2D eigenvalue weighted by Crippen LogP contribution is -2.39. The zero-order chi connectivity index (χ0) is 15.4. The van der Waals surface area contributed by atoms with E-state index in [0.717, 1.165) is 11.0 Å². The molecule has 0 saturated carbocycles. The van der Waals surface area contributed by atoms with Crippen molar-refractivity contribution < 1.29 is 9.53 Å². The van der Waals surface area contributed by atoms with Crippen LogP contribution in [-0.4, -0.2) is 34.8 Å². The van der Waals surface area contributed by atoms with E-state index in [1.54, 1.807) is 11.7 Å². The van der Waals surface area contributed by atoms with Gasteiger partial charge in [-0.1, -0.05) is 12.1 Å². The molecule has 1 N–H and O–H groups in total. The molecule has 1 unspecified atom stereocenters. The first-order valence-corrected chi connectivity index (χ1v) is 7.04. The Kier molecular flexibility index (Phi) is 4.80. The van der Waals surface area contributed by atoms with Gasteiger partial charge in [-0.25, -0.2) is 4.79 Å². The van der Waals surface area contributed by atoms with Crippen molar-refractivity contribution in [2.24, 2.45) is 0 Å². The van der Waals surface area contributed by atoms with Gasteiger partial charge in [0.2, 0.25) is 5.91 Å². The number of ether oxygens (including phenoxy) is 1. The predicted octanol–water partition coefficient (Wildman–Crippen LogP) is 0.974. The van der Waals surface area contributed by atoms with Crippen molar-refractivity contribution in [3.63, 3.8) is 0 Å². The molecule has 0 aliphatic carbocycles. The molecule has 2 rings (SSSR count). The van der Waals surface area contributed by atoms with Gasteiger partial charge in [-0.05, 0) is 26.0 Å². The van der Waals surface area contributed by atoms with Gasteiger partial charge in [-0.3, -0.25) is 13.9 Å². The van der Waals surface area contributed by atoms with Crippen LogP contribution in [0.5, 0.6) is 0 Å². The lowest BCUT2D eigenvalue weighted by Gasteiger charge is -2.12. The number of para-hydroxylation sites is 2. The number of benzene rings is 1. The number of nitrogens with zero attached hydrogens (tertiary/aromatic N) is 2. The highest BCUT2D eigenvalue weighted by molar-refractivity contribution is 5.81. The molecule has 0 bridgehead atoms. The average Bonchev–Trinajstić information content (AvgIpc) is 2.71. The number of hydrogen-bond acceptors (Lipinski definition) is 3. The fraction of sp³-hybridized carbons (Fsp3) is 0.467. The third-order valence-corrected chi connectivity index (χ3v) is 3.37. The summed E-state index contributed by atoms with van der Waals surface area (Å²) in [5.41, 5.74) is 1.47. The number of aromatic nitrogens is 2. The van der Waals surface area contributed by atoms with Gasteiger partial charge in [0.25, 0.3) is 0 Å². The highest BCUT2D eigenvalue weighted by Crippen LogP contribution is 2.12. The summed E-state index contributed by atoms with van der Waals surface area (Å²) in [4.78, 5) is 24.4. The summed E-state index contributed by atoms with van der Waals surface area (Å²) in [6, 6.07) is 7.41. The fourth-order valence-electron chi connectivity index (χ4n) is 2.49. The van der Waals surface area contributed by atoms with Crippen LogP contribution in [0.15, 0.2) is 29.1 Å². The third kappa shape index (κ3) is 3.16. The van der Waals surface area contributed by atoms with Gasteiger partial charge in [0, 0.05) is 19.7 Å². The molecule has 0 radical (unpaired) electrons. The number of carbonyl (C=O) groups is 1. The molecule has 2 aromatic rings. The van der Waals surface area contributed by atoms with Crippen LogP contribution < -0.4 is 11.0 Å². The molecule has 1 amide bonds. The van der Waals surface area contributed by atoms with Crippen LogP contribution in [-0.2, 0) is 22.6 Å². The lowest BCUT2D eigenvalue weighted by atomic mass is 10.3. The Bertz CT molecular complexity index is 687. The van der Waals surface area contributed by atoms with Crippen molar-refractivity contribution in [2.75, 3.05) is 13.7 Å². The van der Waals surface area contributed by atoms with E-state index in [1.807, 2.05) is 38.1 Å². The van der Waals surface area contributed by atoms with E-state index in [1.165, 1.54) is 4.57 Å². The Morgan fingerprint density at radius 2 is 1.90 bits per heavy atom. The third-order valence-electron chi connectivity index (χ3n) is 3.37. The molecule has 21 heavy (non-hydrogen) atoms. The van der Waals surface area contributed by atoms with Gasteiger partial charge >= 0.3 is 5.69 Å². The average molecular weight is 291 g/mol. The maximum Gasteiger partial charge on any atom is 0.329 e. The molecule has 0 aliphatic heterocycles. The Morgan fingerprint density at radius 3 is 2.48 bits per heavy atom. The number of hydrogen-bond donors (Lipinski definition) is 1. The minimum Gasteiger partial charge on any atom is -0.383 e. The summed E-state index contributed by atoms with van der Waals surface area (Å²) in [6.07, 6.45) is 0. The molecular weight excluding hydrogens is 270 g/mol. The van der Waals surface area contributed by atoms with Crippen LogP contribution in [0.3, 0.4) is 0 Å². The number of carbonyl (C=O) groups excluding carboxylic acids is 1. The normalized spacial score (nSPS) is 12.5. The van der Waals surface area contributed by atoms with E-state index in [4.69, 9.17) is 4.74 Å². The van der Waals surface area contributed by atoms with Gasteiger partial charge in [0.1, 0.15) is 6.54 Å². The van der Waals surface area contributed by atoms with Crippen LogP contribution in [0.2, 0.25) is 0 Å². The van der Waals surface area contributed by atoms with Crippen molar-refractivity contribution in [2.45, 2.75) is 33.0 Å². The number of rotatable bonds is 6. The predicted molar refractivity (Wildman–Crippen MR) is 81.4 cm³/mol. The van der Waals surface area contributed by atoms with E-state index in [2.05, 4.69) is 5.32 Å². The summed E-state index contributed by atoms with van der Waals surface area (Å²) in [7, 11) is 1.59. The Morgan fingerprint density at radius 1 is 1.29 bits per heavy atom. The standard InChI is InChI=1S/C15H21N3O3/c1-4-17-12-7-5-6-8-13(12)18(15(17)20)9-14(19)16-11(2)10-21-3/h5-8,11H,4,9-10H2,1-3H3,(H,16,19). The lowest BCUT2D eigenvalue weighted by molar-refractivity contribution is -0.122. The molecule has 0 saturated heterocycles. The summed E-state index contributed by atoms with van der Waals surface area (Å²) in [5.74, 6) is -0.194. The van der Waals surface area contributed by atoms with Gasteiger partial charge < -0.3 is 10.1 Å². The van der Waals surface area contributed by atoms with Crippen molar-refractivity contribution in [1.29, 1.82) is 0 Å². The van der Waals surface area contributed by atoms with Crippen molar-refractivity contribution in [3.8, 4) is 0 Å². The largest absolute Gasteiger partial charge is 0.383 e. The number of amides is 1. The Balaban J connectivity index is 2.28. The highest BCUT2D eigenvalue weighted by Gasteiger charge is 2.15. The van der Waals surface area contributed by atoms with Gasteiger partial charge in [-0.15, -0.1) is 0 Å². The van der Waals surface area contributed by atoms with Crippen LogP contribution in [0.25, 0.3) is 11.0 Å². The highest BCUT2D eigenvalue weighted by atomic mass is 16.5. The first-order valence-electron chi connectivity index (χ1n) is 7.04. The number of methoxy groups -OCH3 is 1. The zero-order valence-corrected chi connectivity index (χ0v) is 12.6. The minimum absolute atomic E-state index is 0.0143. The molecule has 1 aromatic carbocycles. The number of fused-ring (bicyclic) bond motifs is 1. The maximum absolute atomic E-state index is 12.4. The molecule has 1 aromatic heterocycles. The number of aryl methyl sites for hydroxylation is 1. The van der Waals surface area contributed by atoms with E-state index in [-0.39, 0.29) is 24.2 Å². The topological polar surface area (TPSA) is 65.3 Å². The molecule has 0 spiro atoms. The Labute approximate surface area is 123 Å². The summed E-state index contributed by atoms with van der Waals surface area (Å²) >= 11 is 0. The molecule has 114 valence electrons. The van der Waals surface area contributed by atoms with Gasteiger partial charge in [0.15, 0.2) is 0 Å². The smallest absolute Gasteiger partial charge is 0.329 e. The second kappa shape index (κ2) is 6.58. The SMILES string of the molecule is CCn1c(=O)n(CC(=O)NC(C)COC)c2ccccc21. The zero-order valence-electron chi connectivity index (χ0n) is 12.6. The minimum atomic E-state index is -0.194. The van der Waals surface area contributed by atoms with Crippen molar-refractivity contribution in [1.82, 2.24) is 14.5 Å². The monoisotopic (exact) mass is 291 g/mol. The van der Waals surface area contributed by atoms with Crippen molar-refractivity contribution >= 4 is 16.9 Å². The van der Waals surface area contributed by atoms with Crippen LogP contribution in [0.1, 0.15) is 13.8 Å². The van der Waals surface area contributed by atoms with E-state index in [9.17, 15) is 9.59 Å². The molecule has 6 nitrogen and oxygen atoms in total. The number of nitrogens with one attached hydrogen (secondary N) is 1. The maximum atomic E-state index is 12.4. The van der Waals surface area contributed by atoms with Crippen LogP contribution in [0, 0.1) is 0 Å². The molecule has 6 heteroatoms. The second-order valence-corrected chi connectivity index (χ2v) is 5.03. The van der Waals surface area contributed by atoms with E-state index < -0.39 is 0 Å². The van der Waals surface area contributed by atoms with Crippen LogP contribution >= 0.6 is 0 Å². The molecule has 0 fully saturated rings. The molecular formula is C15H21N3O3. The summed E-state index contributed by atoms with van der Waals surface area (Å²) < 4.78 is 8.16. The second-order valence-electron chi connectivity index (χ2n) is 5.03. The van der Waals surface area contributed by atoms with E-state index in [0.29, 0.717) is 13.2 Å². The van der Waals surface area contributed by atoms with Gasteiger partial charge in [-0.2, -0.15) is 0 Å². The van der Waals surface area contributed by atoms with E-state index >= 15 is 0 Å². The first kappa shape index (κ1) is 15.3. The van der Waals surface area contributed by atoms with Crippen molar-refractivity contribution in [3.05, 3.63) is 34.7 Å². The summed E-state index contributed by atoms with van der Waals surface area (Å²) in [6.45, 7) is 4.81. The molecule has 0 aliphatic rings. The van der Waals surface area contributed by atoms with Crippen LogP contribution in [0.4, 0.5) is 0 Å². The fourth-order valence-corrected chi connectivity index (χ4v) is 2.49. The quantitative estimate of drug-likeness (QED) is 0.862. The summed E-state index contributed by atoms with van der Waals surface area (Å²) in [5, 5.41) is 2.82. The first-order chi connectivity index (χ1) is 10.1. The molecule has 1 atom stereocenters. The molecule has 1 heterocycles. The number of imidazole rings is 1.